The molecule has 16 heavy (non-hydrogen) atoms. The zero-order valence-corrected chi connectivity index (χ0v) is 10.2. The van der Waals surface area contributed by atoms with Gasteiger partial charge in [-0.1, -0.05) is 12.8 Å². The summed E-state index contributed by atoms with van der Waals surface area (Å²) in [6.07, 6.45) is 6.58. The first-order valence-corrected chi connectivity index (χ1v) is 6.52. The Morgan fingerprint density at radius 2 is 2.19 bits per heavy atom. The maximum atomic E-state index is 11.3. The molecule has 2 atom stereocenters. The van der Waals surface area contributed by atoms with Gasteiger partial charge in [0.25, 0.3) is 0 Å². The number of aldehydes is 1. The molecule has 0 aromatic carbocycles. The third kappa shape index (κ3) is 2.46. The summed E-state index contributed by atoms with van der Waals surface area (Å²) >= 11 is 0. The van der Waals surface area contributed by atoms with Crippen LogP contribution in [0.15, 0.2) is 0 Å². The fourth-order valence-corrected chi connectivity index (χ4v) is 3.24. The number of hydrogen-bond donors (Lipinski definition) is 1. The monoisotopic (exact) mass is 225 g/mol. The van der Waals surface area contributed by atoms with Gasteiger partial charge in [-0.15, -0.1) is 0 Å². The van der Waals surface area contributed by atoms with Gasteiger partial charge in [-0.05, 0) is 38.6 Å². The third-order valence-electron chi connectivity index (χ3n) is 4.38. The fourth-order valence-electron chi connectivity index (χ4n) is 3.24. The van der Waals surface area contributed by atoms with Crippen LogP contribution in [0.2, 0.25) is 0 Å². The standard InChI is InChI=1S/C13H23NO2/c1-11(16)12-4-7-14(8-12)9-13(10-15)5-2-3-6-13/h10-12,16H,2-9H2,1H3. The van der Waals surface area contributed by atoms with E-state index in [1.54, 1.807) is 0 Å². The van der Waals surface area contributed by atoms with Gasteiger partial charge >= 0.3 is 0 Å². The summed E-state index contributed by atoms with van der Waals surface area (Å²) in [7, 11) is 0. The first-order valence-electron chi connectivity index (χ1n) is 6.52. The van der Waals surface area contributed by atoms with Gasteiger partial charge in [-0.3, -0.25) is 0 Å². The minimum absolute atomic E-state index is 0.0619. The Labute approximate surface area is 97.8 Å². The minimum atomic E-state index is -0.208. The number of likely N-dealkylation sites (tertiary alicyclic amines) is 1. The highest BCUT2D eigenvalue weighted by atomic mass is 16.3. The number of carbonyl (C=O) groups excluding carboxylic acids is 1. The molecule has 1 N–H and O–H groups in total. The summed E-state index contributed by atoms with van der Waals surface area (Å²) in [6, 6.07) is 0. The lowest BCUT2D eigenvalue weighted by Gasteiger charge is -2.28. The molecule has 0 radical (unpaired) electrons. The number of rotatable bonds is 4. The fraction of sp³-hybridized carbons (Fsp3) is 0.923. The first-order chi connectivity index (χ1) is 7.65. The van der Waals surface area contributed by atoms with E-state index in [1.165, 1.54) is 19.1 Å². The van der Waals surface area contributed by atoms with E-state index >= 15 is 0 Å². The highest BCUT2D eigenvalue weighted by molar-refractivity contribution is 5.60. The molecule has 1 saturated carbocycles. The summed E-state index contributed by atoms with van der Waals surface area (Å²) < 4.78 is 0. The van der Waals surface area contributed by atoms with Crippen molar-refractivity contribution in [2.75, 3.05) is 19.6 Å². The molecule has 3 heteroatoms. The lowest BCUT2D eigenvalue weighted by molar-refractivity contribution is -0.116. The molecule has 0 aromatic rings. The largest absolute Gasteiger partial charge is 0.393 e. The average Bonchev–Trinajstić information content (AvgIpc) is 2.88. The SMILES string of the molecule is CC(O)C1CCN(CC2(C=O)CCCC2)C1. The molecule has 0 aromatic heterocycles. The number of carbonyl (C=O) groups is 1. The lowest BCUT2D eigenvalue weighted by Crippen LogP contribution is -2.36. The van der Waals surface area contributed by atoms with Crippen LogP contribution in [0.1, 0.15) is 39.0 Å². The van der Waals surface area contributed by atoms with Crippen molar-refractivity contribution < 1.29 is 9.90 Å². The summed E-state index contributed by atoms with van der Waals surface area (Å²) in [6.45, 7) is 4.80. The Morgan fingerprint density at radius 1 is 1.50 bits per heavy atom. The van der Waals surface area contributed by atoms with Crippen LogP contribution in [-0.2, 0) is 4.79 Å². The van der Waals surface area contributed by atoms with Crippen molar-refractivity contribution in [2.24, 2.45) is 11.3 Å². The van der Waals surface area contributed by atoms with Crippen molar-refractivity contribution in [1.82, 2.24) is 4.90 Å². The molecule has 0 bridgehead atoms. The maximum Gasteiger partial charge on any atom is 0.127 e. The van der Waals surface area contributed by atoms with E-state index in [2.05, 4.69) is 4.90 Å². The second-order valence-electron chi connectivity index (χ2n) is 5.71. The molecule has 1 heterocycles. The van der Waals surface area contributed by atoms with Crippen molar-refractivity contribution in [2.45, 2.75) is 45.1 Å². The van der Waals surface area contributed by atoms with E-state index in [1.807, 2.05) is 6.92 Å². The van der Waals surface area contributed by atoms with E-state index in [0.717, 1.165) is 38.9 Å². The zero-order valence-electron chi connectivity index (χ0n) is 10.2. The number of aliphatic hydroxyl groups excluding tert-OH is 1. The van der Waals surface area contributed by atoms with Crippen molar-refractivity contribution >= 4 is 6.29 Å². The molecular formula is C13H23NO2. The maximum absolute atomic E-state index is 11.3. The van der Waals surface area contributed by atoms with Gasteiger partial charge in [0.15, 0.2) is 0 Å². The summed E-state index contributed by atoms with van der Waals surface area (Å²) in [5.74, 6) is 0.408. The Bertz CT molecular complexity index is 246. The molecule has 2 unspecified atom stereocenters. The highest BCUT2D eigenvalue weighted by Crippen LogP contribution is 2.38. The highest BCUT2D eigenvalue weighted by Gasteiger charge is 2.37. The van der Waals surface area contributed by atoms with E-state index in [4.69, 9.17) is 0 Å². The smallest absolute Gasteiger partial charge is 0.127 e. The van der Waals surface area contributed by atoms with E-state index in [0.29, 0.717) is 5.92 Å². The van der Waals surface area contributed by atoms with Gasteiger partial charge in [0, 0.05) is 18.5 Å². The van der Waals surface area contributed by atoms with Gasteiger partial charge in [-0.2, -0.15) is 0 Å². The van der Waals surface area contributed by atoms with Crippen LogP contribution in [-0.4, -0.2) is 42.0 Å². The van der Waals surface area contributed by atoms with Gasteiger partial charge < -0.3 is 14.8 Å². The van der Waals surface area contributed by atoms with Gasteiger partial charge in [0.2, 0.25) is 0 Å². The van der Waals surface area contributed by atoms with E-state index in [-0.39, 0.29) is 11.5 Å². The topological polar surface area (TPSA) is 40.5 Å². The van der Waals surface area contributed by atoms with Gasteiger partial charge in [-0.25, -0.2) is 0 Å². The third-order valence-corrected chi connectivity index (χ3v) is 4.38. The second kappa shape index (κ2) is 4.84. The van der Waals surface area contributed by atoms with Crippen LogP contribution >= 0.6 is 0 Å². The van der Waals surface area contributed by atoms with Crippen molar-refractivity contribution in [3.8, 4) is 0 Å². The normalized spacial score (nSPS) is 31.8. The quantitative estimate of drug-likeness (QED) is 0.736. The molecule has 3 nitrogen and oxygen atoms in total. The van der Waals surface area contributed by atoms with Gasteiger partial charge in [0.05, 0.1) is 6.10 Å². The number of nitrogens with zero attached hydrogens (tertiary/aromatic N) is 1. The minimum Gasteiger partial charge on any atom is -0.393 e. The molecular weight excluding hydrogens is 202 g/mol. The molecule has 1 aliphatic heterocycles. The molecule has 1 aliphatic carbocycles. The first kappa shape index (κ1) is 12.1. The molecule has 0 amide bonds. The molecule has 2 aliphatic rings. The average molecular weight is 225 g/mol. The van der Waals surface area contributed by atoms with Crippen molar-refractivity contribution in [3.05, 3.63) is 0 Å². The molecule has 92 valence electrons. The Balaban J connectivity index is 1.88. The zero-order chi connectivity index (χ0) is 11.6. The van der Waals surface area contributed by atoms with Crippen LogP contribution in [0.5, 0.6) is 0 Å². The van der Waals surface area contributed by atoms with Crippen LogP contribution in [0.4, 0.5) is 0 Å². The summed E-state index contributed by atoms with van der Waals surface area (Å²) in [4.78, 5) is 13.6. The predicted molar refractivity (Wildman–Crippen MR) is 63.2 cm³/mol. The molecule has 1 saturated heterocycles. The Morgan fingerprint density at radius 3 is 2.69 bits per heavy atom. The molecule has 2 rings (SSSR count). The van der Waals surface area contributed by atoms with E-state index < -0.39 is 0 Å². The predicted octanol–water partition coefficient (Wildman–Crippen LogP) is 1.45. The van der Waals surface area contributed by atoms with Crippen LogP contribution in [0, 0.1) is 11.3 Å². The second-order valence-corrected chi connectivity index (χ2v) is 5.71. The Kier molecular flexibility index (Phi) is 3.65. The summed E-state index contributed by atoms with van der Waals surface area (Å²) in [5, 5.41) is 9.56. The van der Waals surface area contributed by atoms with Crippen LogP contribution < -0.4 is 0 Å². The van der Waals surface area contributed by atoms with E-state index in [9.17, 15) is 9.90 Å². The number of aliphatic hydroxyl groups is 1. The molecule has 2 fully saturated rings. The van der Waals surface area contributed by atoms with Crippen LogP contribution in [0.3, 0.4) is 0 Å². The van der Waals surface area contributed by atoms with Crippen molar-refractivity contribution in [3.63, 3.8) is 0 Å². The molecule has 0 spiro atoms. The van der Waals surface area contributed by atoms with Gasteiger partial charge in [0.1, 0.15) is 6.29 Å². The Hall–Kier alpha value is -0.410. The van der Waals surface area contributed by atoms with Crippen LogP contribution in [0.25, 0.3) is 0 Å². The number of hydrogen-bond acceptors (Lipinski definition) is 3. The summed E-state index contributed by atoms with van der Waals surface area (Å²) in [5.41, 5.74) is -0.0619. The lowest BCUT2D eigenvalue weighted by atomic mass is 9.87. The van der Waals surface area contributed by atoms with Crippen molar-refractivity contribution in [1.29, 1.82) is 0 Å².